The summed E-state index contributed by atoms with van der Waals surface area (Å²) in [6.45, 7) is 0. The largest absolute Gasteiger partial charge is 0.239 e. The van der Waals surface area contributed by atoms with Crippen molar-refractivity contribution >= 4 is 12.2 Å². The average Bonchev–Trinajstić information content (AvgIpc) is 2.97. The Labute approximate surface area is 98.7 Å². The average molecular weight is 234 g/mol. The highest BCUT2D eigenvalue weighted by Gasteiger charge is 2.53. The third-order valence-electron chi connectivity index (χ3n) is 4.80. The lowest BCUT2D eigenvalue weighted by atomic mass is 9.79. The second-order valence-corrected chi connectivity index (χ2v) is 5.69. The van der Waals surface area contributed by atoms with Crippen molar-refractivity contribution in [1.82, 2.24) is 20.2 Å². The van der Waals surface area contributed by atoms with Crippen molar-refractivity contribution in [3.05, 3.63) is 16.9 Å². The highest BCUT2D eigenvalue weighted by Crippen LogP contribution is 2.60. The molecule has 1 aromatic rings. The van der Waals surface area contributed by atoms with E-state index in [9.17, 15) is 0 Å². The van der Waals surface area contributed by atoms with Gasteiger partial charge in [0, 0.05) is 0 Å². The van der Waals surface area contributed by atoms with Crippen molar-refractivity contribution in [2.75, 3.05) is 0 Å². The lowest BCUT2D eigenvalue weighted by molar-refractivity contribution is 0.199. The Hall–Kier alpha value is -0.970. The summed E-state index contributed by atoms with van der Waals surface area (Å²) in [5, 5.41) is 10.6. The van der Waals surface area contributed by atoms with Crippen molar-refractivity contribution < 1.29 is 0 Å². The van der Waals surface area contributed by atoms with Crippen LogP contribution in [0.1, 0.15) is 25.3 Å². The molecule has 0 amide bonds. The fraction of sp³-hybridized carbons (Fsp3) is 0.727. The van der Waals surface area contributed by atoms with E-state index in [4.69, 9.17) is 12.2 Å². The lowest BCUT2D eigenvalue weighted by Crippen LogP contribution is -2.27. The van der Waals surface area contributed by atoms with Crippen LogP contribution in [-0.4, -0.2) is 20.2 Å². The van der Waals surface area contributed by atoms with Crippen molar-refractivity contribution in [2.24, 2.45) is 23.7 Å². The molecule has 0 saturated heterocycles. The van der Waals surface area contributed by atoms with Gasteiger partial charge < -0.3 is 0 Å². The van der Waals surface area contributed by atoms with Gasteiger partial charge in [-0.3, -0.25) is 0 Å². The second-order valence-electron chi connectivity index (χ2n) is 5.32. The van der Waals surface area contributed by atoms with Crippen LogP contribution < -0.4 is 0 Å². The molecule has 0 spiro atoms. The van der Waals surface area contributed by atoms with Crippen LogP contribution in [-0.2, 0) is 0 Å². The molecule has 3 aliphatic rings. The maximum Gasteiger partial charge on any atom is 0.238 e. The van der Waals surface area contributed by atoms with Crippen molar-refractivity contribution in [3.63, 3.8) is 0 Å². The molecule has 4 nitrogen and oxygen atoms in total. The van der Waals surface area contributed by atoms with Crippen LogP contribution in [0.3, 0.4) is 0 Å². The van der Waals surface area contributed by atoms with Crippen LogP contribution in [0.5, 0.6) is 0 Å². The number of nitrogens with one attached hydrogen (secondary N) is 1. The van der Waals surface area contributed by atoms with Gasteiger partial charge in [0.1, 0.15) is 0 Å². The highest BCUT2D eigenvalue weighted by molar-refractivity contribution is 7.71. The summed E-state index contributed by atoms with van der Waals surface area (Å²) < 4.78 is 2.61. The molecule has 0 aliphatic heterocycles. The number of aromatic nitrogens is 4. The van der Waals surface area contributed by atoms with Gasteiger partial charge in [-0.05, 0) is 55.2 Å². The van der Waals surface area contributed by atoms with E-state index in [0.29, 0.717) is 10.8 Å². The predicted octanol–water partition coefficient (Wildman–Crippen LogP) is 2.11. The molecule has 5 atom stereocenters. The molecule has 4 rings (SSSR count). The molecule has 1 N–H and O–H groups in total. The van der Waals surface area contributed by atoms with Crippen LogP contribution in [0.15, 0.2) is 12.2 Å². The number of allylic oxidation sites excluding steroid dienone is 2. The molecule has 1 heterocycles. The van der Waals surface area contributed by atoms with Gasteiger partial charge in [-0.25, -0.2) is 4.68 Å². The molecule has 16 heavy (non-hydrogen) atoms. The van der Waals surface area contributed by atoms with E-state index in [0.717, 1.165) is 23.7 Å². The third-order valence-corrected chi connectivity index (χ3v) is 5.08. The van der Waals surface area contributed by atoms with Gasteiger partial charge in [0.25, 0.3) is 0 Å². The van der Waals surface area contributed by atoms with Crippen LogP contribution in [0.25, 0.3) is 0 Å². The van der Waals surface area contributed by atoms with Crippen LogP contribution in [0, 0.1) is 28.4 Å². The zero-order chi connectivity index (χ0) is 10.7. The SMILES string of the molecule is S=c1nn[nH]n1C1CC2CC1C1C=CCC21. The Morgan fingerprint density at radius 2 is 2.31 bits per heavy atom. The Bertz CT molecular complexity index is 502. The number of nitrogens with zero attached hydrogens (tertiary/aromatic N) is 3. The Balaban J connectivity index is 1.72. The topological polar surface area (TPSA) is 46.5 Å². The first-order valence-electron chi connectivity index (χ1n) is 6.01. The summed E-state index contributed by atoms with van der Waals surface area (Å²) >= 11 is 5.20. The number of H-pyrrole nitrogens is 1. The second kappa shape index (κ2) is 3.03. The molecule has 2 fully saturated rings. The number of tetrazole rings is 1. The summed E-state index contributed by atoms with van der Waals surface area (Å²) in [5.41, 5.74) is 0. The molecular weight excluding hydrogens is 220 g/mol. The summed E-state index contributed by atoms with van der Waals surface area (Å²) in [6.07, 6.45) is 8.71. The van der Waals surface area contributed by atoms with Gasteiger partial charge in [0.2, 0.25) is 4.77 Å². The summed E-state index contributed by atoms with van der Waals surface area (Å²) in [6, 6.07) is 0.511. The fourth-order valence-corrected chi connectivity index (χ4v) is 4.44. The fourth-order valence-electron chi connectivity index (χ4n) is 4.23. The van der Waals surface area contributed by atoms with Crippen molar-refractivity contribution in [3.8, 4) is 0 Å². The molecule has 5 unspecified atom stereocenters. The normalized spacial score (nSPS) is 44.1. The molecule has 0 radical (unpaired) electrons. The van der Waals surface area contributed by atoms with Gasteiger partial charge in [-0.1, -0.05) is 22.5 Å². The predicted molar refractivity (Wildman–Crippen MR) is 61.2 cm³/mol. The van der Waals surface area contributed by atoms with Crippen LogP contribution in [0.2, 0.25) is 0 Å². The molecule has 2 bridgehead atoms. The molecule has 2 saturated carbocycles. The minimum absolute atomic E-state index is 0.511. The van der Waals surface area contributed by atoms with E-state index in [-0.39, 0.29) is 0 Å². The molecule has 0 aromatic carbocycles. The number of hydrogen-bond acceptors (Lipinski definition) is 3. The Kier molecular flexibility index (Phi) is 1.72. The van der Waals surface area contributed by atoms with E-state index < -0.39 is 0 Å². The van der Waals surface area contributed by atoms with Gasteiger partial charge in [0.15, 0.2) is 0 Å². The lowest BCUT2D eigenvalue weighted by Gasteiger charge is -2.31. The number of rotatable bonds is 1. The van der Waals surface area contributed by atoms with E-state index in [2.05, 4.69) is 27.7 Å². The molecule has 1 aromatic heterocycles. The van der Waals surface area contributed by atoms with Gasteiger partial charge in [-0.2, -0.15) is 5.21 Å². The quantitative estimate of drug-likeness (QED) is 0.598. The van der Waals surface area contributed by atoms with Crippen LogP contribution >= 0.6 is 12.2 Å². The van der Waals surface area contributed by atoms with E-state index in [1.807, 2.05) is 4.68 Å². The Morgan fingerprint density at radius 1 is 1.38 bits per heavy atom. The van der Waals surface area contributed by atoms with Gasteiger partial charge >= 0.3 is 0 Å². The molecule has 3 aliphatic carbocycles. The zero-order valence-electron chi connectivity index (χ0n) is 8.91. The monoisotopic (exact) mass is 234 g/mol. The first kappa shape index (κ1) is 9.10. The summed E-state index contributed by atoms with van der Waals surface area (Å²) in [4.78, 5) is 0. The van der Waals surface area contributed by atoms with Gasteiger partial charge in [0.05, 0.1) is 6.04 Å². The molecular formula is C11H14N4S. The first-order valence-corrected chi connectivity index (χ1v) is 6.41. The maximum absolute atomic E-state index is 5.20. The van der Waals surface area contributed by atoms with E-state index in [1.54, 1.807) is 0 Å². The summed E-state index contributed by atoms with van der Waals surface area (Å²) in [5.74, 6) is 3.35. The third kappa shape index (κ3) is 1.02. The van der Waals surface area contributed by atoms with Crippen LogP contribution in [0.4, 0.5) is 0 Å². The molecule has 5 heteroatoms. The highest BCUT2D eigenvalue weighted by atomic mass is 32.1. The van der Waals surface area contributed by atoms with Crippen molar-refractivity contribution in [2.45, 2.75) is 25.3 Å². The smallest absolute Gasteiger partial charge is 0.238 e. The first-order chi connectivity index (χ1) is 7.84. The molecule has 84 valence electrons. The standard InChI is InChI=1S/C11H14N4S/c16-11-12-13-14-15(11)10-5-6-4-9(10)8-3-1-2-7(6)8/h1,3,6-10H,2,4-5H2,(H,12,14,16). The van der Waals surface area contributed by atoms with E-state index >= 15 is 0 Å². The summed E-state index contributed by atoms with van der Waals surface area (Å²) in [7, 11) is 0. The van der Waals surface area contributed by atoms with E-state index in [1.165, 1.54) is 19.3 Å². The number of aromatic amines is 1. The number of fused-ring (bicyclic) bond motifs is 5. The zero-order valence-corrected chi connectivity index (χ0v) is 9.73. The minimum atomic E-state index is 0.511. The number of hydrogen-bond donors (Lipinski definition) is 1. The Morgan fingerprint density at radius 3 is 3.12 bits per heavy atom. The van der Waals surface area contributed by atoms with Gasteiger partial charge in [-0.15, -0.1) is 0 Å². The maximum atomic E-state index is 5.20. The minimum Gasteiger partial charge on any atom is -0.239 e. The van der Waals surface area contributed by atoms with Crippen molar-refractivity contribution in [1.29, 1.82) is 0 Å².